The highest BCUT2D eigenvalue weighted by atomic mass is 16.7. The van der Waals surface area contributed by atoms with Crippen molar-refractivity contribution in [3.63, 3.8) is 0 Å². The van der Waals surface area contributed by atoms with Crippen molar-refractivity contribution in [1.82, 2.24) is 5.32 Å². The second kappa shape index (κ2) is 24.0. The maximum Gasteiger partial charge on any atom is 0.506 e. The van der Waals surface area contributed by atoms with E-state index in [0.29, 0.717) is 22.3 Å². The molecule has 0 spiro atoms. The first-order valence-corrected chi connectivity index (χ1v) is 19.6. The Morgan fingerprint density at radius 3 is 1.81 bits per heavy atom. The molecule has 1 aliphatic carbocycles. The molecule has 13 nitrogen and oxygen atoms in total. The SMILES string of the molecule is CC.CC1=C(C(C)O)C(C)(C)C(O)([C@H](C)OC(=O)c2ccccc2)C[C@@H]1OC(=O)[C@H](C)[C@@H](NC(=O)OC(C)(C)C)c1ccccc1.CO.O=C(O)OCc1ccccc1. The van der Waals surface area contributed by atoms with Gasteiger partial charge in [-0.15, -0.1) is 0 Å². The van der Waals surface area contributed by atoms with Gasteiger partial charge in [-0.1, -0.05) is 107 Å². The van der Waals surface area contributed by atoms with Crippen LogP contribution < -0.4 is 5.32 Å². The van der Waals surface area contributed by atoms with Gasteiger partial charge in [0.1, 0.15) is 30.0 Å². The first-order chi connectivity index (χ1) is 27.7. The second-order valence-electron chi connectivity index (χ2n) is 15.2. The lowest BCUT2D eigenvalue weighted by Crippen LogP contribution is -2.61. The van der Waals surface area contributed by atoms with Crippen LogP contribution in [0.25, 0.3) is 0 Å². The fourth-order valence-corrected chi connectivity index (χ4v) is 6.84. The molecular formula is C46H65NO12. The molecule has 0 fully saturated rings. The van der Waals surface area contributed by atoms with Crippen molar-refractivity contribution in [3.05, 3.63) is 119 Å². The Balaban J connectivity index is 0.000000983. The van der Waals surface area contributed by atoms with Crippen LogP contribution in [-0.4, -0.2) is 81.2 Å². The molecule has 0 aliphatic heterocycles. The smallest absolute Gasteiger partial charge is 0.457 e. The van der Waals surface area contributed by atoms with E-state index in [-0.39, 0.29) is 13.0 Å². The molecule has 2 unspecified atom stereocenters. The Morgan fingerprint density at radius 2 is 1.34 bits per heavy atom. The highest BCUT2D eigenvalue weighted by Crippen LogP contribution is 2.52. The largest absolute Gasteiger partial charge is 0.506 e. The van der Waals surface area contributed by atoms with Crippen LogP contribution in [-0.2, 0) is 30.3 Å². The van der Waals surface area contributed by atoms with Gasteiger partial charge in [-0.2, -0.15) is 0 Å². The summed E-state index contributed by atoms with van der Waals surface area (Å²) >= 11 is 0. The minimum Gasteiger partial charge on any atom is -0.457 e. The molecule has 0 heterocycles. The average Bonchev–Trinajstić information content (AvgIpc) is 3.20. The third kappa shape index (κ3) is 15.1. The molecule has 0 saturated heterocycles. The van der Waals surface area contributed by atoms with E-state index in [0.717, 1.165) is 12.7 Å². The zero-order valence-electron chi connectivity index (χ0n) is 36.5. The molecule has 1 amide bonds. The van der Waals surface area contributed by atoms with Gasteiger partial charge in [-0.25, -0.2) is 14.4 Å². The zero-order chi connectivity index (χ0) is 45.1. The molecule has 326 valence electrons. The van der Waals surface area contributed by atoms with Gasteiger partial charge in [-0.05, 0) is 82.9 Å². The van der Waals surface area contributed by atoms with E-state index in [9.17, 15) is 29.4 Å². The molecule has 0 saturated carbocycles. The Morgan fingerprint density at radius 1 is 0.847 bits per heavy atom. The van der Waals surface area contributed by atoms with Gasteiger partial charge in [0.2, 0.25) is 0 Å². The molecule has 13 heteroatoms. The van der Waals surface area contributed by atoms with E-state index in [4.69, 9.17) is 24.4 Å². The van der Waals surface area contributed by atoms with Gasteiger partial charge in [0, 0.05) is 18.9 Å². The van der Waals surface area contributed by atoms with Crippen LogP contribution in [0.5, 0.6) is 0 Å². The van der Waals surface area contributed by atoms with Crippen LogP contribution in [0, 0.1) is 11.3 Å². The lowest BCUT2D eigenvalue weighted by Gasteiger charge is -2.53. The molecule has 3 aromatic carbocycles. The van der Waals surface area contributed by atoms with E-state index in [2.05, 4.69) is 10.1 Å². The lowest BCUT2D eigenvalue weighted by atomic mass is 9.58. The third-order valence-electron chi connectivity index (χ3n) is 9.71. The molecule has 5 N–H and O–H groups in total. The van der Waals surface area contributed by atoms with E-state index < -0.39 is 71.1 Å². The summed E-state index contributed by atoms with van der Waals surface area (Å²) in [5.41, 5.74) is -0.544. The van der Waals surface area contributed by atoms with Crippen LogP contribution in [0.2, 0.25) is 0 Å². The van der Waals surface area contributed by atoms with E-state index in [1.807, 2.05) is 50.2 Å². The number of esters is 2. The van der Waals surface area contributed by atoms with Crippen molar-refractivity contribution in [2.45, 2.75) is 125 Å². The topological polar surface area (TPSA) is 198 Å². The number of aliphatic hydroxyl groups is 3. The predicted octanol–water partition coefficient (Wildman–Crippen LogP) is 8.42. The van der Waals surface area contributed by atoms with Crippen LogP contribution in [0.3, 0.4) is 0 Å². The number of benzene rings is 3. The number of hydrogen-bond acceptors (Lipinski definition) is 11. The van der Waals surface area contributed by atoms with E-state index >= 15 is 0 Å². The minimum atomic E-state index is -1.72. The van der Waals surface area contributed by atoms with Gasteiger partial charge in [0.25, 0.3) is 0 Å². The molecule has 3 aromatic rings. The number of carboxylic acid groups (broad SMARTS) is 1. The summed E-state index contributed by atoms with van der Waals surface area (Å²) in [4.78, 5) is 49.4. The number of rotatable bonds is 11. The fraction of sp³-hybridized carbons (Fsp3) is 0.478. The highest BCUT2D eigenvalue weighted by Gasteiger charge is 2.57. The summed E-state index contributed by atoms with van der Waals surface area (Å²) < 4.78 is 21.6. The third-order valence-corrected chi connectivity index (χ3v) is 9.71. The Bertz CT molecular complexity index is 1770. The molecule has 1 aliphatic rings. The predicted molar refractivity (Wildman–Crippen MR) is 225 cm³/mol. The number of ether oxygens (including phenoxy) is 4. The van der Waals surface area contributed by atoms with Crippen LogP contribution in [0.15, 0.2) is 102 Å². The first-order valence-electron chi connectivity index (χ1n) is 19.6. The Hall–Kier alpha value is -5.24. The monoisotopic (exact) mass is 823 g/mol. The minimum absolute atomic E-state index is 0.0841. The summed E-state index contributed by atoms with van der Waals surface area (Å²) in [7, 11) is 1.00. The summed E-state index contributed by atoms with van der Waals surface area (Å²) in [6, 6.07) is 25.9. The van der Waals surface area contributed by atoms with Gasteiger partial charge in [0.05, 0.1) is 23.6 Å². The van der Waals surface area contributed by atoms with Crippen molar-refractivity contribution in [2.24, 2.45) is 11.3 Å². The number of nitrogens with one attached hydrogen (secondary N) is 1. The number of aliphatic hydroxyl groups excluding tert-OH is 2. The fourth-order valence-electron chi connectivity index (χ4n) is 6.84. The molecule has 59 heavy (non-hydrogen) atoms. The van der Waals surface area contributed by atoms with Gasteiger partial charge in [0.15, 0.2) is 0 Å². The first kappa shape index (κ1) is 51.8. The maximum atomic E-state index is 13.8. The average molecular weight is 824 g/mol. The Kier molecular flexibility index (Phi) is 21.1. The summed E-state index contributed by atoms with van der Waals surface area (Å²) in [5, 5.41) is 41.1. The second-order valence-corrected chi connectivity index (χ2v) is 15.2. The standard InChI is InChI=1S/C35H47NO8.C8H8O3.C2H6.CH4O/c1-21-27(43-30(38)22(2)29(25-16-12-10-13-17-25)36-32(40)44-33(5,6)7)20-35(41,34(8,9)28(21)23(3)37)24(4)42-31(39)26-18-14-11-15-19-26;9-8(10)11-6-7-4-2-1-3-5-7;2*1-2/h10-19,22-24,27,29,37,41H,20H2,1-9H3,(H,36,40);1-5H,6H2,(H,9,10);1-2H3;2H,1H3/t22-,23?,24+,27+,29-,35?;;;/m1.../s1. The number of alkyl carbamates (subject to hydrolysis) is 1. The molecule has 0 bridgehead atoms. The van der Waals surface area contributed by atoms with Gasteiger partial charge < -0.3 is 44.7 Å². The number of hydrogen-bond donors (Lipinski definition) is 5. The maximum absolute atomic E-state index is 13.8. The quantitative estimate of drug-likeness (QED) is 0.0704. The molecule has 4 rings (SSSR count). The lowest BCUT2D eigenvalue weighted by molar-refractivity contribution is -0.177. The van der Waals surface area contributed by atoms with E-state index in [1.54, 1.807) is 117 Å². The van der Waals surface area contributed by atoms with Crippen LogP contribution >= 0.6 is 0 Å². The molecule has 0 aromatic heterocycles. The number of amides is 1. The molecule has 0 radical (unpaired) electrons. The molecule has 6 atom stereocenters. The number of carbonyl (C=O) groups is 4. The number of carbonyl (C=O) groups excluding carboxylic acids is 3. The van der Waals surface area contributed by atoms with Gasteiger partial charge >= 0.3 is 24.2 Å². The summed E-state index contributed by atoms with van der Waals surface area (Å²) in [6.45, 7) is 19.5. The van der Waals surface area contributed by atoms with E-state index in [1.165, 1.54) is 0 Å². The highest BCUT2D eigenvalue weighted by molar-refractivity contribution is 5.89. The van der Waals surface area contributed by atoms with Crippen molar-refractivity contribution < 1.29 is 58.6 Å². The van der Waals surface area contributed by atoms with Crippen molar-refractivity contribution >= 4 is 24.2 Å². The Labute approximate surface area is 349 Å². The normalized spacial score (nSPS) is 18.8. The summed E-state index contributed by atoms with van der Waals surface area (Å²) in [6.07, 6.45) is -4.97. The molecular weight excluding hydrogens is 759 g/mol. The summed E-state index contributed by atoms with van der Waals surface area (Å²) in [5.74, 6) is -2.09. The van der Waals surface area contributed by atoms with Crippen LogP contribution in [0.1, 0.15) is 110 Å². The van der Waals surface area contributed by atoms with Gasteiger partial charge in [-0.3, -0.25) is 4.79 Å². The zero-order valence-corrected chi connectivity index (χ0v) is 36.5. The van der Waals surface area contributed by atoms with Crippen molar-refractivity contribution in [2.75, 3.05) is 7.11 Å². The van der Waals surface area contributed by atoms with Crippen molar-refractivity contribution in [3.8, 4) is 0 Å². The van der Waals surface area contributed by atoms with Crippen molar-refractivity contribution in [1.29, 1.82) is 0 Å². The van der Waals surface area contributed by atoms with Crippen LogP contribution in [0.4, 0.5) is 9.59 Å².